The van der Waals surface area contributed by atoms with Crippen LogP contribution in [0.5, 0.6) is 11.5 Å². The molecular formula is C25H29NO8. The standard InChI is InChI=1S/C25H29NO8/c1-14(2)33-25(29)22-15(3)26(13-16-10-11-20(34-16)24(28)32-6)21(27)12-18(22)17-8-7-9-19(30-4)23(17)31-5/h7-11,14,18H,12-13H2,1-6H3. The molecule has 1 aliphatic heterocycles. The molecule has 1 unspecified atom stereocenters. The molecule has 1 aromatic carbocycles. The number of ether oxygens (including phenoxy) is 4. The Bertz CT molecular complexity index is 1110. The van der Waals surface area contributed by atoms with Gasteiger partial charge in [0, 0.05) is 23.6 Å². The molecule has 0 aliphatic carbocycles. The first-order chi connectivity index (χ1) is 16.2. The molecule has 0 bridgehead atoms. The first kappa shape index (κ1) is 24.9. The number of para-hydroxylation sites is 1. The SMILES string of the molecule is COC(=O)c1ccc(CN2C(=O)CC(c3cccc(OC)c3OC)C(C(=O)OC(C)C)=C2C)o1. The Hall–Kier alpha value is -3.75. The molecule has 0 spiro atoms. The monoisotopic (exact) mass is 471 g/mol. The van der Waals surface area contributed by atoms with Crippen molar-refractivity contribution in [3.63, 3.8) is 0 Å². The van der Waals surface area contributed by atoms with Gasteiger partial charge in [-0.2, -0.15) is 0 Å². The number of methoxy groups -OCH3 is 3. The highest BCUT2D eigenvalue weighted by molar-refractivity contribution is 5.96. The summed E-state index contributed by atoms with van der Waals surface area (Å²) in [6, 6.07) is 8.41. The number of nitrogens with zero attached hydrogens (tertiary/aromatic N) is 1. The van der Waals surface area contributed by atoms with Crippen LogP contribution in [0.4, 0.5) is 0 Å². The Labute approximate surface area is 198 Å². The molecule has 0 N–H and O–H groups in total. The van der Waals surface area contributed by atoms with Crippen molar-refractivity contribution >= 4 is 17.8 Å². The minimum absolute atomic E-state index is 0.00790. The molecule has 9 heteroatoms. The van der Waals surface area contributed by atoms with Crippen LogP contribution in [-0.2, 0) is 25.6 Å². The highest BCUT2D eigenvalue weighted by atomic mass is 16.5. The van der Waals surface area contributed by atoms with Gasteiger partial charge in [0.2, 0.25) is 11.7 Å². The van der Waals surface area contributed by atoms with Gasteiger partial charge in [-0.15, -0.1) is 0 Å². The highest BCUT2D eigenvalue weighted by Crippen LogP contribution is 2.44. The van der Waals surface area contributed by atoms with Crippen molar-refractivity contribution in [1.82, 2.24) is 4.90 Å². The molecule has 1 aromatic heterocycles. The lowest BCUT2D eigenvalue weighted by molar-refractivity contribution is -0.144. The third-order valence-corrected chi connectivity index (χ3v) is 5.56. The number of hydrogen-bond donors (Lipinski definition) is 0. The summed E-state index contributed by atoms with van der Waals surface area (Å²) in [5.74, 6) is -0.594. The summed E-state index contributed by atoms with van der Waals surface area (Å²) in [5.41, 5.74) is 1.43. The molecule has 1 amide bonds. The van der Waals surface area contributed by atoms with Crippen LogP contribution in [0.1, 0.15) is 55.0 Å². The molecule has 9 nitrogen and oxygen atoms in total. The maximum absolute atomic E-state index is 13.3. The molecule has 0 saturated heterocycles. The molecule has 2 aromatic rings. The Morgan fingerprint density at radius 1 is 1.09 bits per heavy atom. The number of carbonyl (C=O) groups excluding carboxylic acids is 3. The Morgan fingerprint density at radius 3 is 2.44 bits per heavy atom. The zero-order chi connectivity index (χ0) is 25.0. The summed E-state index contributed by atoms with van der Waals surface area (Å²) in [5, 5.41) is 0. The quantitative estimate of drug-likeness (QED) is 0.535. The van der Waals surface area contributed by atoms with Crippen molar-refractivity contribution in [3.05, 3.63) is 58.7 Å². The summed E-state index contributed by atoms with van der Waals surface area (Å²) < 4.78 is 26.7. The van der Waals surface area contributed by atoms with Crippen LogP contribution in [0.15, 0.2) is 46.0 Å². The Kier molecular flexibility index (Phi) is 7.65. The number of furan rings is 1. The summed E-state index contributed by atoms with van der Waals surface area (Å²) in [6.07, 6.45) is -0.340. The van der Waals surface area contributed by atoms with E-state index in [4.69, 9.17) is 18.6 Å². The maximum atomic E-state index is 13.3. The topological polar surface area (TPSA) is 105 Å². The van der Waals surface area contributed by atoms with E-state index in [-0.39, 0.29) is 30.7 Å². The second-order valence-electron chi connectivity index (χ2n) is 8.03. The fraction of sp³-hybridized carbons (Fsp3) is 0.400. The maximum Gasteiger partial charge on any atom is 0.373 e. The van der Waals surface area contributed by atoms with E-state index < -0.39 is 17.9 Å². The number of carbonyl (C=O) groups is 3. The van der Waals surface area contributed by atoms with E-state index in [1.165, 1.54) is 32.3 Å². The summed E-state index contributed by atoms with van der Waals surface area (Å²) >= 11 is 0. The molecule has 34 heavy (non-hydrogen) atoms. The Morgan fingerprint density at radius 2 is 1.82 bits per heavy atom. The normalized spacial score (nSPS) is 16.0. The zero-order valence-electron chi connectivity index (χ0n) is 20.2. The van der Waals surface area contributed by atoms with E-state index >= 15 is 0 Å². The van der Waals surface area contributed by atoms with E-state index in [0.29, 0.717) is 34.1 Å². The number of hydrogen-bond acceptors (Lipinski definition) is 8. The van der Waals surface area contributed by atoms with Crippen molar-refractivity contribution in [3.8, 4) is 11.5 Å². The van der Waals surface area contributed by atoms with Gasteiger partial charge >= 0.3 is 11.9 Å². The van der Waals surface area contributed by atoms with E-state index in [9.17, 15) is 14.4 Å². The predicted molar refractivity (Wildman–Crippen MR) is 121 cm³/mol. The van der Waals surface area contributed by atoms with Gasteiger partial charge in [-0.25, -0.2) is 9.59 Å². The van der Waals surface area contributed by atoms with Gasteiger partial charge in [-0.05, 0) is 39.0 Å². The lowest BCUT2D eigenvalue weighted by Crippen LogP contribution is -2.38. The van der Waals surface area contributed by atoms with E-state index in [2.05, 4.69) is 4.74 Å². The van der Waals surface area contributed by atoms with Crippen LogP contribution in [0.25, 0.3) is 0 Å². The highest BCUT2D eigenvalue weighted by Gasteiger charge is 2.39. The summed E-state index contributed by atoms with van der Waals surface area (Å²) in [4.78, 5) is 39.7. The first-order valence-electron chi connectivity index (χ1n) is 10.8. The number of rotatable bonds is 8. The van der Waals surface area contributed by atoms with Gasteiger partial charge in [-0.3, -0.25) is 4.79 Å². The second-order valence-corrected chi connectivity index (χ2v) is 8.03. The van der Waals surface area contributed by atoms with E-state index in [0.717, 1.165) is 0 Å². The van der Waals surface area contributed by atoms with Crippen molar-refractivity contribution in [1.29, 1.82) is 0 Å². The lowest BCUT2D eigenvalue weighted by atomic mass is 9.83. The molecule has 1 aliphatic rings. The average molecular weight is 472 g/mol. The lowest BCUT2D eigenvalue weighted by Gasteiger charge is -2.34. The predicted octanol–water partition coefficient (Wildman–Crippen LogP) is 3.83. The van der Waals surface area contributed by atoms with Gasteiger partial charge in [0.25, 0.3) is 0 Å². The van der Waals surface area contributed by atoms with E-state index in [1.54, 1.807) is 45.0 Å². The van der Waals surface area contributed by atoms with Gasteiger partial charge in [0.05, 0.1) is 39.6 Å². The van der Waals surface area contributed by atoms with E-state index in [1.807, 2.05) is 0 Å². The fourth-order valence-electron chi connectivity index (χ4n) is 4.03. The summed E-state index contributed by atoms with van der Waals surface area (Å²) in [6.45, 7) is 5.26. The smallest absolute Gasteiger partial charge is 0.373 e. The first-order valence-corrected chi connectivity index (χ1v) is 10.8. The molecular weight excluding hydrogens is 442 g/mol. The number of allylic oxidation sites excluding steroid dienone is 1. The summed E-state index contributed by atoms with van der Waals surface area (Å²) in [7, 11) is 4.29. The molecule has 0 fully saturated rings. The zero-order valence-corrected chi connectivity index (χ0v) is 20.2. The van der Waals surface area contributed by atoms with Crippen LogP contribution in [0, 0.1) is 0 Å². The van der Waals surface area contributed by atoms with Gasteiger partial charge in [0.1, 0.15) is 5.76 Å². The van der Waals surface area contributed by atoms with Crippen molar-refractivity contribution < 1.29 is 37.7 Å². The minimum Gasteiger partial charge on any atom is -0.493 e. The fourth-order valence-corrected chi connectivity index (χ4v) is 4.03. The van der Waals surface area contributed by atoms with Crippen LogP contribution >= 0.6 is 0 Å². The van der Waals surface area contributed by atoms with Gasteiger partial charge in [-0.1, -0.05) is 12.1 Å². The molecule has 0 radical (unpaired) electrons. The molecule has 0 saturated carbocycles. The molecule has 3 rings (SSSR count). The number of esters is 2. The van der Waals surface area contributed by atoms with Crippen molar-refractivity contribution in [2.24, 2.45) is 0 Å². The Balaban J connectivity index is 2.07. The van der Waals surface area contributed by atoms with Crippen LogP contribution in [0.3, 0.4) is 0 Å². The molecule has 2 heterocycles. The average Bonchev–Trinajstić information content (AvgIpc) is 3.28. The van der Waals surface area contributed by atoms with Gasteiger partial charge in [0.15, 0.2) is 11.5 Å². The molecule has 1 atom stereocenters. The third-order valence-electron chi connectivity index (χ3n) is 5.56. The third kappa shape index (κ3) is 4.93. The van der Waals surface area contributed by atoms with Crippen LogP contribution < -0.4 is 9.47 Å². The number of amides is 1. The second kappa shape index (κ2) is 10.5. The molecule has 182 valence electrons. The van der Waals surface area contributed by atoms with Crippen LogP contribution in [-0.4, -0.2) is 50.2 Å². The van der Waals surface area contributed by atoms with Gasteiger partial charge < -0.3 is 28.3 Å². The minimum atomic E-state index is -0.616. The van der Waals surface area contributed by atoms with Crippen molar-refractivity contribution in [2.75, 3.05) is 21.3 Å². The van der Waals surface area contributed by atoms with Crippen LogP contribution in [0.2, 0.25) is 0 Å². The number of benzene rings is 1. The largest absolute Gasteiger partial charge is 0.493 e. The van der Waals surface area contributed by atoms with Crippen molar-refractivity contribution in [2.45, 2.75) is 45.8 Å².